The molecule has 7 aromatic carbocycles. The molecule has 0 unspecified atom stereocenters. The van der Waals surface area contributed by atoms with Gasteiger partial charge in [-0.2, -0.15) is 0 Å². The average Bonchev–Trinajstić information content (AvgIpc) is 3.82. The van der Waals surface area contributed by atoms with Crippen LogP contribution in [0.1, 0.15) is 36.1 Å². The number of rotatable bonds is 6. The Balaban J connectivity index is 1.02. The number of nitrogens with zero attached hydrogens (tertiary/aromatic N) is 4. The number of ether oxygens (including phenoxy) is 1. The molecule has 7 aromatic rings. The SMILES string of the molecule is Cc1cc2c(cc1C)N(c1cccc(Oc3cccc(N4CN(c5c(-c6ccccc6)ccc6c5-c5ccccc5C6(C)C)c5ccccc54)c3)c1)CN2C. The first-order chi connectivity index (χ1) is 26.8. The first kappa shape index (κ1) is 33.1. The summed E-state index contributed by atoms with van der Waals surface area (Å²) in [5.74, 6) is 1.61. The van der Waals surface area contributed by atoms with Gasteiger partial charge < -0.3 is 24.3 Å². The third-order valence-corrected chi connectivity index (χ3v) is 12.0. The van der Waals surface area contributed by atoms with E-state index in [1.807, 2.05) is 6.07 Å². The zero-order valence-corrected chi connectivity index (χ0v) is 32.0. The predicted molar refractivity (Wildman–Crippen MR) is 229 cm³/mol. The maximum Gasteiger partial charge on any atom is 0.129 e. The Morgan fingerprint density at radius 3 is 1.80 bits per heavy atom. The Morgan fingerprint density at radius 1 is 0.491 bits per heavy atom. The molecule has 5 heteroatoms. The van der Waals surface area contributed by atoms with Crippen LogP contribution in [0.5, 0.6) is 11.5 Å². The first-order valence-electron chi connectivity index (χ1n) is 19.2. The quantitative estimate of drug-likeness (QED) is 0.170. The molecule has 55 heavy (non-hydrogen) atoms. The lowest BCUT2D eigenvalue weighted by molar-refractivity contribution is 0.483. The number of hydrogen-bond donors (Lipinski definition) is 0. The molecule has 5 nitrogen and oxygen atoms in total. The highest BCUT2D eigenvalue weighted by molar-refractivity contribution is 6.02. The van der Waals surface area contributed by atoms with Gasteiger partial charge >= 0.3 is 0 Å². The number of hydrogen-bond acceptors (Lipinski definition) is 5. The Kier molecular flexibility index (Phi) is 7.57. The fourth-order valence-electron chi connectivity index (χ4n) is 8.99. The van der Waals surface area contributed by atoms with Crippen molar-refractivity contribution in [3.63, 3.8) is 0 Å². The van der Waals surface area contributed by atoms with Gasteiger partial charge in [-0.15, -0.1) is 0 Å². The highest BCUT2D eigenvalue weighted by atomic mass is 16.5. The number of aryl methyl sites for hydroxylation is 2. The standard InChI is InChI=1S/C50H44N4O/c1-33-27-46-47(28-34(33)2)52(31-51(46)5)36-17-13-19-38(29-36)55-39-20-14-18-37(30-39)53-32-54(45-24-12-11-23-44(45)53)49-40(35-15-7-6-8-16-35)25-26-43-48(49)41-21-9-10-22-42(41)50(43,3)4/h6-30H,31-32H2,1-5H3. The van der Waals surface area contributed by atoms with E-state index in [2.05, 4.69) is 200 Å². The first-order valence-corrected chi connectivity index (χ1v) is 19.2. The van der Waals surface area contributed by atoms with Gasteiger partial charge in [0.15, 0.2) is 0 Å². The Morgan fingerprint density at radius 2 is 1.09 bits per heavy atom. The van der Waals surface area contributed by atoms with Gasteiger partial charge in [0.05, 0.1) is 35.1 Å². The maximum atomic E-state index is 6.65. The predicted octanol–water partition coefficient (Wildman–Crippen LogP) is 12.9. The maximum absolute atomic E-state index is 6.65. The molecule has 0 aromatic heterocycles. The number of benzene rings is 7. The van der Waals surface area contributed by atoms with E-state index in [4.69, 9.17) is 4.74 Å². The monoisotopic (exact) mass is 716 g/mol. The van der Waals surface area contributed by atoms with Gasteiger partial charge in [0.25, 0.3) is 0 Å². The van der Waals surface area contributed by atoms with Crippen LogP contribution in [0.4, 0.5) is 39.8 Å². The van der Waals surface area contributed by atoms with Crippen LogP contribution < -0.4 is 24.3 Å². The summed E-state index contributed by atoms with van der Waals surface area (Å²) < 4.78 is 6.65. The molecule has 0 fully saturated rings. The molecule has 2 aliphatic heterocycles. The van der Waals surface area contributed by atoms with Gasteiger partial charge in [-0.3, -0.25) is 0 Å². The minimum Gasteiger partial charge on any atom is -0.457 e. The molecule has 0 saturated carbocycles. The molecular formula is C50H44N4O. The molecule has 0 N–H and O–H groups in total. The van der Waals surface area contributed by atoms with Gasteiger partial charge in [0, 0.05) is 47.1 Å². The van der Waals surface area contributed by atoms with Crippen molar-refractivity contribution in [2.75, 3.05) is 40.0 Å². The summed E-state index contributed by atoms with van der Waals surface area (Å²) in [6.45, 7) is 10.5. The van der Waals surface area contributed by atoms with Gasteiger partial charge in [0.2, 0.25) is 0 Å². The fourth-order valence-corrected chi connectivity index (χ4v) is 8.99. The molecule has 1 aliphatic carbocycles. The van der Waals surface area contributed by atoms with Crippen molar-refractivity contribution in [3.05, 3.63) is 174 Å². The molecule has 0 atom stereocenters. The molecule has 0 saturated heterocycles. The van der Waals surface area contributed by atoms with E-state index < -0.39 is 0 Å². The fraction of sp³-hybridized carbons (Fsp3) is 0.160. The lowest BCUT2D eigenvalue weighted by atomic mass is 9.82. The lowest BCUT2D eigenvalue weighted by Gasteiger charge is -2.28. The molecule has 3 aliphatic rings. The van der Waals surface area contributed by atoms with Crippen LogP contribution >= 0.6 is 0 Å². The van der Waals surface area contributed by atoms with Gasteiger partial charge in [-0.05, 0) is 95.8 Å². The van der Waals surface area contributed by atoms with Crippen molar-refractivity contribution in [3.8, 4) is 33.8 Å². The molecular weight excluding hydrogens is 673 g/mol. The van der Waals surface area contributed by atoms with Crippen LogP contribution in [0.2, 0.25) is 0 Å². The second-order valence-electron chi connectivity index (χ2n) is 15.7. The zero-order chi connectivity index (χ0) is 37.4. The van der Waals surface area contributed by atoms with Gasteiger partial charge in [-0.1, -0.05) is 105 Å². The van der Waals surface area contributed by atoms with Crippen LogP contribution in [-0.2, 0) is 5.41 Å². The molecule has 0 radical (unpaired) electrons. The summed E-state index contributed by atoms with van der Waals surface area (Å²) in [5, 5.41) is 0. The smallest absolute Gasteiger partial charge is 0.129 e. The van der Waals surface area contributed by atoms with Crippen molar-refractivity contribution in [1.29, 1.82) is 0 Å². The number of fused-ring (bicyclic) bond motifs is 5. The molecule has 10 rings (SSSR count). The summed E-state index contributed by atoms with van der Waals surface area (Å²) in [4.78, 5) is 9.62. The summed E-state index contributed by atoms with van der Waals surface area (Å²) in [7, 11) is 2.16. The Labute approximate surface area is 324 Å². The van der Waals surface area contributed by atoms with Gasteiger partial charge in [0.1, 0.15) is 18.2 Å². The molecule has 270 valence electrons. The zero-order valence-electron chi connectivity index (χ0n) is 32.0. The largest absolute Gasteiger partial charge is 0.457 e. The third-order valence-electron chi connectivity index (χ3n) is 12.0. The van der Waals surface area contributed by atoms with Crippen molar-refractivity contribution in [2.45, 2.75) is 33.1 Å². The van der Waals surface area contributed by atoms with E-state index in [9.17, 15) is 0 Å². The van der Waals surface area contributed by atoms with Gasteiger partial charge in [-0.25, -0.2) is 0 Å². The average molecular weight is 717 g/mol. The van der Waals surface area contributed by atoms with E-state index in [1.165, 1.54) is 72.9 Å². The van der Waals surface area contributed by atoms with E-state index in [0.717, 1.165) is 29.5 Å². The van der Waals surface area contributed by atoms with Crippen LogP contribution in [0.15, 0.2) is 152 Å². The Bertz CT molecular complexity index is 2630. The minimum absolute atomic E-state index is 0.107. The van der Waals surface area contributed by atoms with Crippen molar-refractivity contribution in [1.82, 2.24) is 0 Å². The molecule has 0 bridgehead atoms. The lowest BCUT2D eigenvalue weighted by Crippen LogP contribution is -2.25. The van der Waals surface area contributed by atoms with Crippen LogP contribution in [0.3, 0.4) is 0 Å². The van der Waals surface area contributed by atoms with Crippen LogP contribution in [0, 0.1) is 13.8 Å². The minimum atomic E-state index is -0.107. The summed E-state index contributed by atoms with van der Waals surface area (Å²) in [6, 6.07) is 54.9. The number of para-hydroxylation sites is 2. The third kappa shape index (κ3) is 5.29. The van der Waals surface area contributed by atoms with Crippen LogP contribution in [-0.4, -0.2) is 20.4 Å². The number of anilines is 7. The highest BCUT2D eigenvalue weighted by Crippen LogP contribution is 2.57. The molecule has 0 spiro atoms. The summed E-state index contributed by atoms with van der Waals surface area (Å²) in [6.07, 6.45) is 0. The summed E-state index contributed by atoms with van der Waals surface area (Å²) >= 11 is 0. The van der Waals surface area contributed by atoms with Crippen LogP contribution in [0.25, 0.3) is 22.3 Å². The van der Waals surface area contributed by atoms with Crippen molar-refractivity contribution in [2.24, 2.45) is 0 Å². The second-order valence-corrected chi connectivity index (χ2v) is 15.7. The normalized spacial score (nSPS) is 14.9. The highest BCUT2D eigenvalue weighted by Gasteiger charge is 2.40. The second kappa shape index (κ2) is 12.6. The molecule has 2 heterocycles. The van der Waals surface area contributed by atoms with E-state index in [0.29, 0.717) is 6.67 Å². The summed E-state index contributed by atoms with van der Waals surface area (Å²) in [5.41, 5.74) is 18.6. The Hall–Kier alpha value is -6.46. The molecule has 0 amide bonds. The topological polar surface area (TPSA) is 22.2 Å². The van der Waals surface area contributed by atoms with E-state index >= 15 is 0 Å². The van der Waals surface area contributed by atoms with E-state index in [-0.39, 0.29) is 5.41 Å². The van der Waals surface area contributed by atoms with Crippen molar-refractivity contribution < 1.29 is 4.74 Å². The van der Waals surface area contributed by atoms with Crippen molar-refractivity contribution >= 4 is 39.8 Å². The van der Waals surface area contributed by atoms with E-state index in [1.54, 1.807) is 0 Å².